The van der Waals surface area contributed by atoms with Gasteiger partial charge in [-0.3, -0.25) is 14.7 Å². The molecule has 5 rings (SSSR count). The third-order valence-corrected chi connectivity index (χ3v) is 6.71. The number of fused-ring (bicyclic) bond motifs is 1. The number of piperidine rings is 1. The lowest BCUT2D eigenvalue weighted by Gasteiger charge is -2.31. The quantitative estimate of drug-likeness (QED) is 0.585. The third-order valence-electron chi connectivity index (χ3n) is 6.71. The van der Waals surface area contributed by atoms with Gasteiger partial charge < -0.3 is 5.32 Å². The highest BCUT2D eigenvalue weighted by Crippen LogP contribution is 2.26. The molecule has 1 N–H and O–H groups in total. The fourth-order valence-electron chi connectivity index (χ4n) is 4.66. The smallest absolute Gasteiger partial charge is 0.228 e. The first-order chi connectivity index (χ1) is 16.1. The van der Waals surface area contributed by atoms with Gasteiger partial charge in [0, 0.05) is 36.2 Å². The molecule has 0 spiro atoms. The molecule has 1 saturated heterocycles. The molecule has 5 heteroatoms. The average molecular weight is 439 g/mol. The number of dihydropyridines is 1. The van der Waals surface area contributed by atoms with E-state index in [1.54, 1.807) is 0 Å². The second kappa shape index (κ2) is 9.67. The van der Waals surface area contributed by atoms with E-state index < -0.39 is 0 Å². The second-order valence-corrected chi connectivity index (χ2v) is 9.14. The van der Waals surface area contributed by atoms with E-state index in [-0.39, 0.29) is 11.8 Å². The fourth-order valence-corrected chi connectivity index (χ4v) is 4.66. The van der Waals surface area contributed by atoms with Gasteiger partial charge in [0.25, 0.3) is 0 Å². The summed E-state index contributed by atoms with van der Waals surface area (Å²) in [5.74, 6) is 0.745. The van der Waals surface area contributed by atoms with E-state index >= 15 is 0 Å². The molecule has 1 aromatic heterocycles. The summed E-state index contributed by atoms with van der Waals surface area (Å²) in [4.78, 5) is 24.4. The van der Waals surface area contributed by atoms with Gasteiger partial charge in [-0.1, -0.05) is 48.5 Å². The molecule has 5 nitrogen and oxygen atoms in total. The predicted octanol–water partition coefficient (Wildman–Crippen LogP) is 5.33. The van der Waals surface area contributed by atoms with E-state index in [4.69, 9.17) is 0 Å². The van der Waals surface area contributed by atoms with E-state index in [1.165, 1.54) is 22.4 Å². The molecule has 0 atom stereocenters. The predicted molar refractivity (Wildman–Crippen MR) is 135 cm³/mol. The molecule has 168 valence electrons. The molecule has 0 saturated carbocycles. The van der Waals surface area contributed by atoms with Crippen LogP contribution in [0.5, 0.6) is 0 Å². The van der Waals surface area contributed by atoms with Gasteiger partial charge in [0.15, 0.2) is 0 Å². The van der Waals surface area contributed by atoms with E-state index in [2.05, 4.69) is 75.7 Å². The molecule has 1 amide bonds. The maximum atomic E-state index is 12.9. The number of carbonyl (C=O) groups excluding carboxylic acids is 1. The van der Waals surface area contributed by atoms with Gasteiger partial charge in [0.1, 0.15) is 5.82 Å². The first-order valence-corrected chi connectivity index (χ1v) is 11.8. The lowest BCUT2D eigenvalue weighted by Crippen LogP contribution is -2.37. The van der Waals surface area contributed by atoms with Crippen LogP contribution < -0.4 is 5.32 Å². The monoisotopic (exact) mass is 438 g/mol. The number of nitrogens with one attached hydrogen (secondary N) is 1. The van der Waals surface area contributed by atoms with Crippen LogP contribution in [0.15, 0.2) is 71.9 Å². The van der Waals surface area contributed by atoms with Crippen molar-refractivity contribution >= 4 is 33.8 Å². The van der Waals surface area contributed by atoms with Gasteiger partial charge in [-0.25, -0.2) is 4.98 Å². The van der Waals surface area contributed by atoms with Crippen LogP contribution in [-0.2, 0) is 11.3 Å². The summed E-state index contributed by atoms with van der Waals surface area (Å²) in [6, 6.07) is 18.9. The summed E-state index contributed by atoms with van der Waals surface area (Å²) in [5, 5.41) is 5.23. The first kappa shape index (κ1) is 21.5. The van der Waals surface area contributed by atoms with Crippen LogP contribution >= 0.6 is 0 Å². The van der Waals surface area contributed by atoms with E-state index in [0.29, 0.717) is 5.82 Å². The normalized spacial score (nSPS) is 17.5. The zero-order valence-corrected chi connectivity index (χ0v) is 19.1. The Kier molecular flexibility index (Phi) is 6.31. The summed E-state index contributed by atoms with van der Waals surface area (Å²) in [7, 11) is 0. The zero-order valence-electron chi connectivity index (χ0n) is 19.1. The van der Waals surface area contributed by atoms with E-state index in [9.17, 15) is 4.79 Å². The Hall–Kier alpha value is -3.31. The number of hydrogen-bond acceptors (Lipinski definition) is 4. The van der Waals surface area contributed by atoms with Gasteiger partial charge in [0.05, 0.1) is 6.54 Å². The van der Waals surface area contributed by atoms with Gasteiger partial charge >= 0.3 is 0 Å². The minimum absolute atomic E-state index is 0.0364. The first-order valence-electron chi connectivity index (χ1n) is 11.8. The molecule has 2 aliphatic heterocycles. The van der Waals surface area contributed by atoms with Crippen molar-refractivity contribution in [1.82, 2.24) is 9.88 Å². The number of likely N-dealkylation sites (tertiary alicyclic amines) is 1. The number of anilines is 1. The standard InChI is InChI=1S/C28H30N4O/c1-20-7-8-24(17-29-20)23-9-10-25-18-30-27(16-26(25)15-23)31-28(33)22-11-13-32(14-12-22)19-21-5-3-2-4-6-21/h2-6,8-10,15-16,18,22H,7,11-14,17,19H2,1H3,(H,30,31,33). The average Bonchev–Trinajstić information content (AvgIpc) is 2.85. The van der Waals surface area contributed by atoms with Crippen LogP contribution in [0.3, 0.4) is 0 Å². The van der Waals surface area contributed by atoms with Crippen molar-refractivity contribution in [2.45, 2.75) is 32.7 Å². The molecule has 3 aromatic rings. The third kappa shape index (κ3) is 5.20. The summed E-state index contributed by atoms with van der Waals surface area (Å²) in [5.41, 5.74) is 4.95. The molecule has 3 heterocycles. The molecule has 0 aliphatic carbocycles. The Morgan fingerprint density at radius 2 is 1.88 bits per heavy atom. The summed E-state index contributed by atoms with van der Waals surface area (Å²) in [6.07, 6.45) is 6.77. The van der Waals surface area contributed by atoms with Crippen molar-refractivity contribution in [2.75, 3.05) is 25.0 Å². The maximum Gasteiger partial charge on any atom is 0.228 e. The van der Waals surface area contributed by atoms with Crippen molar-refractivity contribution < 1.29 is 4.79 Å². The molecule has 2 aromatic carbocycles. The lowest BCUT2D eigenvalue weighted by molar-refractivity contribution is -0.121. The molecular weight excluding hydrogens is 408 g/mol. The van der Waals surface area contributed by atoms with Crippen LogP contribution in [0, 0.1) is 5.92 Å². The number of allylic oxidation sites excluding steroid dienone is 1. The van der Waals surface area contributed by atoms with E-state index in [0.717, 1.165) is 56.2 Å². The Morgan fingerprint density at radius 1 is 1.06 bits per heavy atom. The number of pyridine rings is 1. The molecule has 0 radical (unpaired) electrons. The highest BCUT2D eigenvalue weighted by molar-refractivity contribution is 5.95. The number of aliphatic imine (C=N–C) groups is 1. The van der Waals surface area contributed by atoms with Gasteiger partial charge in [-0.05, 0) is 67.1 Å². The summed E-state index contributed by atoms with van der Waals surface area (Å²) < 4.78 is 0. The van der Waals surface area contributed by atoms with Gasteiger partial charge in [0.2, 0.25) is 5.91 Å². The molecule has 2 aliphatic rings. The molecule has 0 unspecified atom stereocenters. The van der Waals surface area contributed by atoms with E-state index in [1.807, 2.05) is 18.3 Å². The van der Waals surface area contributed by atoms with Crippen LogP contribution in [0.1, 0.15) is 37.3 Å². The van der Waals surface area contributed by atoms with Crippen molar-refractivity contribution in [3.05, 3.63) is 78.0 Å². The Morgan fingerprint density at radius 3 is 2.64 bits per heavy atom. The largest absolute Gasteiger partial charge is 0.310 e. The maximum absolute atomic E-state index is 12.9. The van der Waals surface area contributed by atoms with Crippen LogP contribution in [0.2, 0.25) is 0 Å². The lowest BCUT2D eigenvalue weighted by atomic mass is 9.95. The minimum atomic E-state index is 0.0364. The number of amides is 1. The Bertz CT molecular complexity index is 1210. The van der Waals surface area contributed by atoms with Crippen molar-refractivity contribution in [1.29, 1.82) is 0 Å². The van der Waals surface area contributed by atoms with Crippen molar-refractivity contribution in [2.24, 2.45) is 10.9 Å². The number of rotatable bonds is 5. The molecule has 0 bridgehead atoms. The van der Waals surface area contributed by atoms with Crippen LogP contribution in [-0.4, -0.2) is 41.1 Å². The number of hydrogen-bond donors (Lipinski definition) is 1. The van der Waals surface area contributed by atoms with Crippen LogP contribution in [0.4, 0.5) is 5.82 Å². The SMILES string of the molecule is CC1=NCC(c2ccc3cnc(NC(=O)C4CCN(Cc5ccccc5)CC4)cc3c2)=CC1. The van der Waals surface area contributed by atoms with Gasteiger partial charge in [-0.2, -0.15) is 0 Å². The molecule has 33 heavy (non-hydrogen) atoms. The van der Waals surface area contributed by atoms with Crippen LogP contribution in [0.25, 0.3) is 16.3 Å². The topological polar surface area (TPSA) is 57.6 Å². The van der Waals surface area contributed by atoms with Crippen molar-refractivity contribution in [3.8, 4) is 0 Å². The van der Waals surface area contributed by atoms with Crippen molar-refractivity contribution in [3.63, 3.8) is 0 Å². The summed E-state index contributed by atoms with van der Waals surface area (Å²) in [6.45, 7) is 5.64. The highest BCUT2D eigenvalue weighted by atomic mass is 16.1. The minimum Gasteiger partial charge on any atom is -0.310 e. The number of aromatic nitrogens is 1. The summed E-state index contributed by atoms with van der Waals surface area (Å²) >= 11 is 0. The number of nitrogens with zero attached hydrogens (tertiary/aromatic N) is 3. The molecular formula is C28H30N4O. The molecule has 1 fully saturated rings. The number of benzene rings is 2. The second-order valence-electron chi connectivity index (χ2n) is 9.14. The fraction of sp³-hybridized carbons (Fsp3) is 0.321. The Balaban J connectivity index is 1.21. The Labute approximate surface area is 195 Å². The highest BCUT2D eigenvalue weighted by Gasteiger charge is 2.25. The number of carbonyl (C=O) groups is 1. The van der Waals surface area contributed by atoms with Gasteiger partial charge in [-0.15, -0.1) is 0 Å². The zero-order chi connectivity index (χ0) is 22.6.